The van der Waals surface area contributed by atoms with Gasteiger partial charge >= 0.3 is 6.09 Å². The van der Waals surface area contributed by atoms with Crippen molar-refractivity contribution in [3.8, 4) is 0 Å². The average molecular weight is 283 g/mol. The highest BCUT2D eigenvalue weighted by Gasteiger charge is 2.25. The molecule has 21 heavy (non-hydrogen) atoms. The van der Waals surface area contributed by atoms with Gasteiger partial charge in [0.15, 0.2) is 0 Å². The number of hydrogen-bond acceptors (Lipinski definition) is 3. The Balaban J connectivity index is 2.30. The third-order valence-electron chi connectivity index (χ3n) is 3.21. The standard InChI is InChI=1S/C17H17NO3/c1-21-17(20)18(12-14-8-4-2-5-9-14)16(13-19)15-10-6-3-7-11-15/h2-11,13,16H,12H2,1H3. The van der Waals surface area contributed by atoms with Gasteiger partial charge in [0.05, 0.1) is 13.7 Å². The molecule has 0 aliphatic rings. The molecule has 0 N–H and O–H groups in total. The second-order valence-corrected chi connectivity index (χ2v) is 4.58. The van der Waals surface area contributed by atoms with Gasteiger partial charge in [0.1, 0.15) is 12.3 Å². The lowest BCUT2D eigenvalue weighted by molar-refractivity contribution is -0.112. The number of aldehydes is 1. The van der Waals surface area contributed by atoms with Crippen molar-refractivity contribution >= 4 is 12.4 Å². The third-order valence-corrected chi connectivity index (χ3v) is 3.21. The van der Waals surface area contributed by atoms with Crippen molar-refractivity contribution in [2.75, 3.05) is 7.11 Å². The predicted molar refractivity (Wildman–Crippen MR) is 79.6 cm³/mol. The van der Waals surface area contributed by atoms with Crippen LogP contribution < -0.4 is 0 Å². The Bertz CT molecular complexity index is 583. The van der Waals surface area contributed by atoms with Crippen molar-refractivity contribution < 1.29 is 14.3 Å². The van der Waals surface area contributed by atoms with Gasteiger partial charge in [0.25, 0.3) is 0 Å². The van der Waals surface area contributed by atoms with E-state index in [1.54, 1.807) is 0 Å². The first-order valence-corrected chi connectivity index (χ1v) is 6.65. The molecule has 1 unspecified atom stereocenters. The highest BCUT2D eigenvalue weighted by atomic mass is 16.5. The van der Waals surface area contributed by atoms with Crippen LogP contribution in [0.1, 0.15) is 17.2 Å². The number of ether oxygens (including phenoxy) is 1. The molecule has 1 atom stereocenters. The van der Waals surface area contributed by atoms with Gasteiger partial charge in [-0.25, -0.2) is 4.79 Å². The Kier molecular flexibility index (Phi) is 5.10. The first-order chi connectivity index (χ1) is 10.3. The third kappa shape index (κ3) is 3.69. The van der Waals surface area contributed by atoms with E-state index >= 15 is 0 Å². The minimum Gasteiger partial charge on any atom is -0.453 e. The lowest BCUT2D eigenvalue weighted by atomic mass is 10.1. The van der Waals surface area contributed by atoms with Crippen LogP contribution in [0.15, 0.2) is 60.7 Å². The highest BCUT2D eigenvalue weighted by Crippen LogP contribution is 2.21. The van der Waals surface area contributed by atoms with E-state index in [2.05, 4.69) is 0 Å². The summed E-state index contributed by atoms with van der Waals surface area (Å²) in [6, 6.07) is 18.0. The van der Waals surface area contributed by atoms with Crippen LogP contribution >= 0.6 is 0 Å². The Morgan fingerprint density at radius 3 is 2.19 bits per heavy atom. The molecule has 1 amide bonds. The summed E-state index contributed by atoms with van der Waals surface area (Å²) in [5.41, 5.74) is 1.69. The quantitative estimate of drug-likeness (QED) is 0.792. The molecule has 2 aromatic carbocycles. The van der Waals surface area contributed by atoms with Crippen molar-refractivity contribution in [3.05, 3.63) is 71.8 Å². The monoisotopic (exact) mass is 283 g/mol. The van der Waals surface area contributed by atoms with Crippen molar-refractivity contribution in [2.45, 2.75) is 12.6 Å². The summed E-state index contributed by atoms with van der Waals surface area (Å²) in [5.74, 6) is 0. The van der Waals surface area contributed by atoms with Crippen LogP contribution in [0.4, 0.5) is 4.79 Å². The van der Waals surface area contributed by atoms with Gasteiger partial charge in [-0.1, -0.05) is 60.7 Å². The number of rotatable bonds is 5. The maximum atomic E-state index is 12.0. The molecule has 2 aromatic rings. The van der Waals surface area contributed by atoms with Gasteiger partial charge in [0, 0.05) is 0 Å². The number of amides is 1. The molecule has 2 rings (SSSR count). The molecule has 4 heteroatoms. The minimum absolute atomic E-state index is 0.311. The zero-order valence-corrected chi connectivity index (χ0v) is 11.8. The van der Waals surface area contributed by atoms with Crippen LogP contribution in [0.5, 0.6) is 0 Å². The Labute approximate surface area is 124 Å². The molecule has 0 aromatic heterocycles. The first kappa shape index (κ1) is 14.8. The van der Waals surface area contributed by atoms with Crippen molar-refractivity contribution in [1.82, 2.24) is 4.90 Å². The second-order valence-electron chi connectivity index (χ2n) is 4.58. The Hall–Kier alpha value is -2.62. The lowest BCUT2D eigenvalue weighted by Crippen LogP contribution is -2.35. The van der Waals surface area contributed by atoms with Gasteiger partial charge in [-0.05, 0) is 11.1 Å². The van der Waals surface area contributed by atoms with E-state index in [0.717, 1.165) is 17.4 Å². The summed E-state index contributed by atoms with van der Waals surface area (Å²) in [6.45, 7) is 0.311. The Morgan fingerprint density at radius 2 is 1.67 bits per heavy atom. The second kappa shape index (κ2) is 7.24. The lowest BCUT2D eigenvalue weighted by Gasteiger charge is -2.27. The number of carbonyl (C=O) groups excluding carboxylic acids is 2. The zero-order valence-electron chi connectivity index (χ0n) is 11.8. The molecular weight excluding hydrogens is 266 g/mol. The van der Waals surface area contributed by atoms with E-state index in [0.29, 0.717) is 6.54 Å². The fraction of sp³-hybridized carbons (Fsp3) is 0.176. The largest absolute Gasteiger partial charge is 0.453 e. The summed E-state index contributed by atoms with van der Waals surface area (Å²) in [5, 5.41) is 0. The molecular formula is C17H17NO3. The Morgan fingerprint density at radius 1 is 1.10 bits per heavy atom. The van der Waals surface area contributed by atoms with Crippen LogP contribution in [0.2, 0.25) is 0 Å². The SMILES string of the molecule is COC(=O)N(Cc1ccccc1)C(C=O)c1ccccc1. The summed E-state index contributed by atoms with van der Waals surface area (Å²) < 4.78 is 4.82. The summed E-state index contributed by atoms with van der Waals surface area (Å²) in [6.07, 6.45) is 0.231. The number of hydrogen-bond donors (Lipinski definition) is 0. The van der Waals surface area contributed by atoms with Gasteiger partial charge < -0.3 is 9.53 Å². The molecule has 0 spiro atoms. The fourth-order valence-electron chi connectivity index (χ4n) is 2.16. The molecule has 0 fully saturated rings. The van der Waals surface area contributed by atoms with E-state index in [-0.39, 0.29) is 0 Å². The molecule has 0 saturated heterocycles. The fourth-order valence-corrected chi connectivity index (χ4v) is 2.16. The number of methoxy groups -OCH3 is 1. The van der Waals surface area contributed by atoms with Crippen LogP contribution in [-0.4, -0.2) is 24.4 Å². The molecule has 0 radical (unpaired) electrons. The topological polar surface area (TPSA) is 46.6 Å². The maximum absolute atomic E-state index is 12.0. The summed E-state index contributed by atoms with van der Waals surface area (Å²) in [7, 11) is 1.31. The van der Waals surface area contributed by atoms with Crippen LogP contribution in [0.3, 0.4) is 0 Å². The van der Waals surface area contributed by atoms with Crippen molar-refractivity contribution in [3.63, 3.8) is 0 Å². The van der Waals surface area contributed by atoms with Crippen molar-refractivity contribution in [2.24, 2.45) is 0 Å². The van der Waals surface area contributed by atoms with E-state index in [9.17, 15) is 9.59 Å². The molecule has 4 nitrogen and oxygen atoms in total. The first-order valence-electron chi connectivity index (χ1n) is 6.65. The molecule has 0 aliphatic carbocycles. The van der Waals surface area contributed by atoms with E-state index in [1.165, 1.54) is 12.0 Å². The molecule has 0 aliphatic heterocycles. The van der Waals surface area contributed by atoms with Crippen LogP contribution in [-0.2, 0) is 16.1 Å². The molecule has 0 heterocycles. The normalized spacial score (nSPS) is 11.5. The van der Waals surface area contributed by atoms with Crippen LogP contribution in [0, 0.1) is 0 Å². The molecule has 0 bridgehead atoms. The average Bonchev–Trinajstić information content (AvgIpc) is 2.56. The van der Waals surface area contributed by atoms with Gasteiger partial charge in [-0.3, -0.25) is 4.90 Å². The van der Waals surface area contributed by atoms with Gasteiger partial charge in [0.2, 0.25) is 0 Å². The van der Waals surface area contributed by atoms with Crippen LogP contribution in [0.25, 0.3) is 0 Å². The molecule has 108 valence electrons. The number of nitrogens with zero attached hydrogens (tertiary/aromatic N) is 1. The van der Waals surface area contributed by atoms with Gasteiger partial charge in [-0.15, -0.1) is 0 Å². The van der Waals surface area contributed by atoms with Crippen molar-refractivity contribution in [1.29, 1.82) is 0 Å². The van der Waals surface area contributed by atoms with E-state index in [1.807, 2.05) is 60.7 Å². The maximum Gasteiger partial charge on any atom is 0.410 e. The highest BCUT2D eigenvalue weighted by molar-refractivity contribution is 5.74. The number of carbonyl (C=O) groups is 2. The predicted octanol–water partition coefficient (Wildman–Crippen LogP) is 3.20. The van der Waals surface area contributed by atoms with E-state index < -0.39 is 12.1 Å². The summed E-state index contributed by atoms with van der Waals surface area (Å²) in [4.78, 5) is 25.0. The number of benzene rings is 2. The van der Waals surface area contributed by atoms with E-state index in [4.69, 9.17) is 4.74 Å². The molecule has 0 saturated carbocycles. The smallest absolute Gasteiger partial charge is 0.410 e. The zero-order chi connectivity index (χ0) is 15.1. The summed E-state index contributed by atoms with van der Waals surface area (Å²) >= 11 is 0. The van der Waals surface area contributed by atoms with Gasteiger partial charge in [-0.2, -0.15) is 0 Å². The minimum atomic E-state index is -0.668.